The molecule has 0 aromatic heterocycles. The van der Waals surface area contributed by atoms with Gasteiger partial charge in [0.15, 0.2) is 0 Å². The van der Waals surface area contributed by atoms with Crippen LogP contribution in [0.4, 0.5) is 0 Å². The van der Waals surface area contributed by atoms with Gasteiger partial charge in [0, 0.05) is 13.1 Å². The monoisotopic (exact) mass is 235 g/mol. The highest BCUT2D eigenvalue weighted by Crippen LogP contribution is 2.19. The van der Waals surface area contributed by atoms with Gasteiger partial charge < -0.3 is 9.64 Å². The highest BCUT2D eigenvalue weighted by Gasteiger charge is 2.11. The van der Waals surface area contributed by atoms with Gasteiger partial charge in [-0.25, -0.2) is 0 Å². The lowest BCUT2D eigenvalue weighted by molar-refractivity contribution is -0.130. The minimum absolute atomic E-state index is 0.168. The number of ether oxygens (including phenoxy) is 1. The summed E-state index contributed by atoms with van der Waals surface area (Å²) in [5.41, 5.74) is 2.09. The van der Waals surface area contributed by atoms with Crippen molar-refractivity contribution in [3.63, 3.8) is 0 Å². The van der Waals surface area contributed by atoms with Gasteiger partial charge in [-0.05, 0) is 38.0 Å². The number of methoxy groups -OCH3 is 1. The quantitative estimate of drug-likeness (QED) is 0.784. The molecular formula is C14H21NO2. The van der Waals surface area contributed by atoms with Gasteiger partial charge in [-0.15, -0.1) is 0 Å². The summed E-state index contributed by atoms with van der Waals surface area (Å²) in [6, 6.07) is 5.92. The second-order valence-corrected chi connectivity index (χ2v) is 4.05. The van der Waals surface area contributed by atoms with Crippen molar-refractivity contribution in [1.82, 2.24) is 4.90 Å². The molecule has 0 unspecified atom stereocenters. The largest absolute Gasteiger partial charge is 0.496 e. The lowest BCUT2D eigenvalue weighted by Gasteiger charge is -2.18. The lowest BCUT2D eigenvalue weighted by atomic mass is 10.1. The van der Waals surface area contributed by atoms with E-state index in [0.717, 1.165) is 30.0 Å². The fourth-order valence-electron chi connectivity index (χ4n) is 1.84. The summed E-state index contributed by atoms with van der Waals surface area (Å²) in [6.45, 7) is 7.51. The summed E-state index contributed by atoms with van der Waals surface area (Å²) in [6.07, 6.45) is 0.443. The number of likely N-dealkylation sites (N-methyl/N-ethyl adjacent to an activating group) is 1. The van der Waals surface area contributed by atoms with E-state index in [1.165, 1.54) is 0 Å². The maximum atomic E-state index is 11.9. The Balaban J connectivity index is 2.78. The number of benzene rings is 1. The van der Waals surface area contributed by atoms with Crippen molar-refractivity contribution in [2.24, 2.45) is 0 Å². The molecule has 1 aromatic rings. The number of aryl methyl sites for hydroxylation is 1. The zero-order valence-corrected chi connectivity index (χ0v) is 11.1. The van der Waals surface area contributed by atoms with E-state index in [2.05, 4.69) is 0 Å². The van der Waals surface area contributed by atoms with E-state index in [4.69, 9.17) is 4.74 Å². The molecule has 0 saturated carbocycles. The molecule has 0 radical (unpaired) electrons. The number of hydrogen-bond donors (Lipinski definition) is 0. The minimum Gasteiger partial charge on any atom is -0.496 e. The molecule has 3 nitrogen and oxygen atoms in total. The molecular weight excluding hydrogens is 214 g/mol. The van der Waals surface area contributed by atoms with Gasteiger partial charge in [-0.1, -0.05) is 12.1 Å². The molecule has 1 aromatic carbocycles. The third kappa shape index (κ3) is 3.48. The average Bonchev–Trinajstić information content (AvgIpc) is 2.33. The predicted octanol–water partition coefficient (Wildman–Crippen LogP) is 2.41. The van der Waals surface area contributed by atoms with Crippen molar-refractivity contribution < 1.29 is 9.53 Å². The van der Waals surface area contributed by atoms with Crippen molar-refractivity contribution in [3.8, 4) is 5.75 Å². The van der Waals surface area contributed by atoms with Crippen LogP contribution in [0.2, 0.25) is 0 Å². The Labute approximate surface area is 103 Å². The maximum Gasteiger partial charge on any atom is 0.226 e. The molecule has 3 heteroatoms. The summed E-state index contributed by atoms with van der Waals surface area (Å²) in [5, 5.41) is 0. The van der Waals surface area contributed by atoms with Crippen molar-refractivity contribution in [2.45, 2.75) is 27.2 Å². The van der Waals surface area contributed by atoms with Crippen molar-refractivity contribution >= 4 is 5.91 Å². The number of carbonyl (C=O) groups is 1. The van der Waals surface area contributed by atoms with Gasteiger partial charge in [0.05, 0.1) is 13.5 Å². The first-order chi connectivity index (χ1) is 8.12. The van der Waals surface area contributed by atoms with Crippen LogP contribution in [0.1, 0.15) is 25.0 Å². The van der Waals surface area contributed by atoms with Crippen molar-refractivity contribution in [3.05, 3.63) is 29.3 Å². The molecule has 0 heterocycles. The first kappa shape index (κ1) is 13.6. The maximum absolute atomic E-state index is 11.9. The molecule has 1 amide bonds. The van der Waals surface area contributed by atoms with E-state index in [0.29, 0.717) is 6.42 Å². The lowest BCUT2D eigenvalue weighted by Crippen LogP contribution is -2.31. The molecule has 94 valence electrons. The summed E-state index contributed by atoms with van der Waals surface area (Å²) in [4.78, 5) is 13.8. The Kier molecular flexibility index (Phi) is 5.01. The zero-order chi connectivity index (χ0) is 12.8. The Hall–Kier alpha value is -1.51. The van der Waals surface area contributed by atoms with Crippen LogP contribution in [0.25, 0.3) is 0 Å². The normalized spacial score (nSPS) is 10.1. The van der Waals surface area contributed by atoms with Gasteiger partial charge >= 0.3 is 0 Å². The molecule has 0 aliphatic rings. The van der Waals surface area contributed by atoms with Gasteiger partial charge in [-0.3, -0.25) is 4.79 Å². The van der Waals surface area contributed by atoms with Gasteiger partial charge in [-0.2, -0.15) is 0 Å². The Morgan fingerprint density at radius 2 is 1.94 bits per heavy atom. The predicted molar refractivity (Wildman–Crippen MR) is 69.4 cm³/mol. The van der Waals surface area contributed by atoms with Crippen LogP contribution in [0.5, 0.6) is 5.75 Å². The molecule has 0 spiro atoms. The van der Waals surface area contributed by atoms with Gasteiger partial charge in [0.25, 0.3) is 0 Å². The number of rotatable bonds is 5. The highest BCUT2D eigenvalue weighted by molar-refractivity contribution is 5.78. The fourth-order valence-corrected chi connectivity index (χ4v) is 1.84. The molecule has 1 rings (SSSR count). The van der Waals surface area contributed by atoms with Crippen molar-refractivity contribution in [1.29, 1.82) is 0 Å². The molecule has 17 heavy (non-hydrogen) atoms. The van der Waals surface area contributed by atoms with Crippen LogP contribution >= 0.6 is 0 Å². The first-order valence-corrected chi connectivity index (χ1v) is 6.03. The molecule has 0 saturated heterocycles. The summed E-state index contributed by atoms with van der Waals surface area (Å²) < 4.78 is 5.26. The number of amides is 1. The van der Waals surface area contributed by atoms with Gasteiger partial charge in [0.2, 0.25) is 5.91 Å². The molecule has 0 bridgehead atoms. The smallest absolute Gasteiger partial charge is 0.226 e. The second-order valence-electron chi connectivity index (χ2n) is 4.05. The van der Waals surface area contributed by atoms with Crippen LogP contribution < -0.4 is 4.74 Å². The number of carbonyl (C=O) groups excluding carboxylic acids is 1. The Bertz CT molecular complexity index is 384. The second kappa shape index (κ2) is 6.28. The molecule has 0 atom stereocenters. The average molecular weight is 235 g/mol. The number of hydrogen-bond acceptors (Lipinski definition) is 2. The molecule has 0 aliphatic carbocycles. The van der Waals surface area contributed by atoms with E-state index in [9.17, 15) is 4.79 Å². The third-order valence-electron chi connectivity index (χ3n) is 2.94. The minimum atomic E-state index is 0.168. The molecule has 0 fully saturated rings. The van der Waals surface area contributed by atoms with Crippen LogP contribution in [0.15, 0.2) is 18.2 Å². The Morgan fingerprint density at radius 3 is 2.47 bits per heavy atom. The van der Waals surface area contributed by atoms with E-state index in [1.54, 1.807) is 7.11 Å². The summed E-state index contributed by atoms with van der Waals surface area (Å²) in [5.74, 6) is 1.01. The Morgan fingerprint density at radius 1 is 1.29 bits per heavy atom. The molecule has 0 N–H and O–H groups in total. The van der Waals surface area contributed by atoms with E-state index >= 15 is 0 Å². The number of nitrogens with zero attached hydrogens (tertiary/aromatic N) is 1. The topological polar surface area (TPSA) is 29.5 Å². The summed E-state index contributed by atoms with van der Waals surface area (Å²) in [7, 11) is 1.65. The van der Waals surface area contributed by atoms with E-state index in [-0.39, 0.29) is 5.91 Å². The van der Waals surface area contributed by atoms with E-state index in [1.807, 2.05) is 43.9 Å². The fraction of sp³-hybridized carbons (Fsp3) is 0.500. The first-order valence-electron chi connectivity index (χ1n) is 6.03. The SMILES string of the molecule is CCN(CC)C(=O)Cc1ccc(C)c(OC)c1. The standard InChI is InChI=1S/C14H21NO2/c1-5-15(6-2)14(16)10-12-8-7-11(3)13(9-12)17-4/h7-9H,5-6,10H2,1-4H3. The van der Waals surface area contributed by atoms with Crippen LogP contribution in [0.3, 0.4) is 0 Å². The highest BCUT2D eigenvalue weighted by atomic mass is 16.5. The molecule has 0 aliphatic heterocycles. The van der Waals surface area contributed by atoms with Gasteiger partial charge in [0.1, 0.15) is 5.75 Å². The zero-order valence-electron chi connectivity index (χ0n) is 11.1. The van der Waals surface area contributed by atoms with Crippen molar-refractivity contribution in [2.75, 3.05) is 20.2 Å². The third-order valence-corrected chi connectivity index (χ3v) is 2.94. The van der Waals surface area contributed by atoms with Crippen LogP contribution in [0, 0.1) is 6.92 Å². The van der Waals surface area contributed by atoms with E-state index < -0.39 is 0 Å². The van der Waals surface area contributed by atoms with Crippen LogP contribution in [-0.2, 0) is 11.2 Å². The summed E-state index contributed by atoms with van der Waals surface area (Å²) >= 11 is 0. The van der Waals surface area contributed by atoms with Crippen LogP contribution in [-0.4, -0.2) is 31.0 Å².